The highest BCUT2D eigenvalue weighted by Gasteiger charge is 2.07. The predicted octanol–water partition coefficient (Wildman–Crippen LogP) is 4.52. The Hall–Kier alpha value is -3.47. The molecule has 0 unspecified atom stereocenters. The minimum Gasteiger partial charge on any atom is -0.339 e. The van der Waals surface area contributed by atoms with Crippen molar-refractivity contribution in [2.24, 2.45) is 7.05 Å². The van der Waals surface area contributed by atoms with Crippen LogP contribution in [0.2, 0.25) is 0 Å². The molecule has 0 aliphatic carbocycles. The molecule has 2 aromatic heterocycles. The van der Waals surface area contributed by atoms with Gasteiger partial charge in [0.25, 0.3) is 0 Å². The van der Waals surface area contributed by atoms with Crippen molar-refractivity contribution >= 4 is 11.5 Å². The van der Waals surface area contributed by atoms with Crippen LogP contribution in [0.25, 0.3) is 11.3 Å². The summed E-state index contributed by atoms with van der Waals surface area (Å²) in [5, 5.41) is 12.0. The fraction of sp³-hybridized carbons (Fsp3) is 0.136. The Balaban J connectivity index is 1.49. The second-order valence-electron chi connectivity index (χ2n) is 6.53. The van der Waals surface area contributed by atoms with E-state index in [1.54, 1.807) is 0 Å². The molecule has 5 nitrogen and oxygen atoms in total. The Morgan fingerprint density at radius 1 is 0.926 bits per heavy atom. The van der Waals surface area contributed by atoms with Gasteiger partial charge in [-0.25, -0.2) is 4.98 Å². The second-order valence-corrected chi connectivity index (χ2v) is 6.53. The summed E-state index contributed by atoms with van der Waals surface area (Å²) in [6, 6.07) is 22.5. The van der Waals surface area contributed by atoms with Crippen LogP contribution in [0.3, 0.4) is 0 Å². The molecule has 0 fully saturated rings. The number of benzene rings is 2. The zero-order valence-electron chi connectivity index (χ0n) is 15.4. The van der Waals surface area contributed by atoms with Gasteiger partial charge in [-0.2, -0.15) is 5.10 Å². The van der Waals surface area contributed by atoms with Crippen molar-refractivity contribution in [2.75, 3.05) is 5.32 Å². The van der Waals surface area contributed by atoms with Crippen LogP contribution in [0.15, 0.2) is 72.9 Å². The van der Waals surface area contributed by atoms with Crippen molar-refractivity contribution in [2.45, 2.75) is 13.3 Å². The van der Waals surface area contributed by atoms with Gasteiger partial charge >= 0.3 is 0 Å². The molecule has 2 heterocycles. The van der Waals surface area contributed by atoms with Crippen LogP contribution in [-0.2, 0) is 13.5 Å². The number of nitrogens with one attached hydrogen (secondary N) is 1. The summed E-state index contributed by atoms with van der Waals surface area (Å²) in [6.07, 6.45) is 2.68. The van der Waals surface area contributed by atoms with Gasteiger partial charge in [-0.15, -0.1) is 5.10 Å². The first kappa shape index (κ1) is 17.0. The summed E-state index contributed by atoms with van der Waals surface area (Å²) in [6.45, 7) is 2.00. The second kappa shape index (κ2) is 7.41. The molecule has 0 bridgehead atoms. The van der Waals surface area contributed by atoms with Gasteiger partial charge in [-0.1, -0.05) is 42.5 Å². The fourth-order valence-electron chi connectivity index (χ4n) is 3.00. The molecule has 2 aromatic carbocycles. The molecule has 0 spiro atoms. The number of hydrogen-bond donors (Lipinski definition) is 1. The number of aromatic nitrogens is 4. The monoisotopic (exact) mass is 355 g/mol. The molecule has 0 aliphatic rings. The molecule has 0 amide bonds. The largest absolute Gasteiger partial charge is 0.339 e. The van der Waals surface area contributed by atoms with Gasteiger partial charge in [-0.3, -0.25) is 0 Å². The third kappa shape index (κ3) is 3.87. The Morgan fingerprint density at radius 3 is 2.48 bits per heavy atom. The maximum Gasteiger partial charge on any atom is 0.153 e. The number of nitrogens with zero attached hydrogens (tertiary/aromatic N) is 4. The average molecular weight is 355 g/mol. The van der Waals surface area contributed by atoms with E-state index in [-0.39, 0.29) is 0 Å². The summed E-state index contributed by atoms with van der Waals surface area (Å²) < 4.78 is 2.08. The smallest absolute Gasteiger partial charge is 0.153 e. The van der Waals surface area contributed by atoms with E-state index in [1.807, 2.05) is 62.6 Å². The first-order valence-electron chi connectivity index (χ1n) is 8.91. The van der Waals surface area contributed by atoms with Gasteiger partial charge in [0.15, 0.2) is 5.82 Å². The molecule has 27 heavy (non-hydrogen) atoms. The minimum absolute atomic E-state index is 0.727. The number of aryl methyl sites for hydroxylation is 1. The topological polar surface area (TPSA) is 55.6 Å². The highest BCUT2D eigenvalue weighted by atomic mass is 15.2. The molecule has 1 N–H and O–H groups in total. The number of hydrogen-bond acceptors (Lipinski definition) is 4. The summed E-state index contributed by atoms with van der Waals surface area (Å²) in [7, 11) is 2.02. The Bertz CT molecular complexity index is 1040. The normalized spacial score (nSPS) is 10.7. The van der Waals surface area contributed by atoms with E-state index in [9.17, 15) is 0 Å². The van der Waals surface area contributed by atoms with E-state index in [1.165, 1.54) is 5.56 Å². The molecule has 134 valence electrons. The van der Waals surface area contributed by atoms with Crippen LogP contribution in [0.4, 0.5) is 11.5 Å². The van der Waals surface area contributed by atoms with E-state index in [2.05, 4.69) is 49.3 Å². The lowest BCUT2D eigenvalue weighted by atomic mass is 10.1. The van der Waals surface area contributed by atoms with Crippen LogP contribution < -0.4 is 5.32 Å². The third-order valence-electron chi connectivity index (χ3n) is 4.60. The first-order valence-corrected chi connectivity index (χ1v) is 8.91. The van der Waals surface area contributed by atoms with E-state index < -0.39 is 0 Å². The van der Waals surface area contributed by atoms with Crippen molar-refractivity contribution in [3.63, 3.8) is 0 Å². The van der Waals surface area contributed by atoms with Crippen molar-refractivity contribution in [3.05, 3.63) is 90.0 Å². The average Bonchev–Trinajstić information content (AvgIpc) is 3.03. The Morgan fingerprint density at radius 2 is 1.78 bits per heavy atom. The lowest BCUT2D eigenvalue weighted by Gasteiger charge is -2.09. The van der Waals surface area contributed by atoms with E-state index in [0.717, 1.165) is 40.7 Å². The zero-order valence-corrected chi connectivity index (χ0v) is 15.4. The molecule has 0 saturated carbocycles. The number of imidazole rings is 1. The first-order chi connectivity index (χ1) is 13.2. The summed E-state index contributed by atoms with van der Waals surface area (Å²) in [5.74, 6) is 1.72. The molecule has 0 aliphatic heterocycles. The fourth-order valence-corrected chi connectivity index (χ4v) is 3.00. The molecule has 4 aromatic rings. The van der Waals surface area contributed by atoms with Crippen LogP contribution in [-0.4, -0.2) is 19.7 Å². The molecule has 4 rings (SSSR count). The van der Waals surface area contributed by atoms with Gasteiger partial charge in [0.05, 0.1) is 17.6 Å². The van der Waals surface area contributed by atoms with Gasteiger partial charge in [-0.05, 0) is 36.8 Å². The Kier molecular flexibility index (Phi) is 4.66. The van der Waals surface area contributed by atoms with Crippen molar-refractivity contribution < 1.29 is 0 Å². The summed E-state index contributed by atoms with van der Waals surface area (Å²) >= 11 is 0. The zero-order chi connectivity index (χ0) is 18.6. The quantitative estimate of drug-likeness (QED) is 0.572. The summed E-state index contributed by atoms with van der Waals surface area (Å²) in [4.78, 5) is 4.37. The highest BCUT2D eigenvalue weighted by molar-refractivity contribution is 5.67. The maximum atomic E-state index is 4.37. The predicted molar refractivity (Wildman–Crippen MR) is 108 cm³/mol. The van der Waals surface area contributed by atoms with Gasteiger partial charge in [0.2, 0.25) is 0 Å². The minimum atomic E-state index is 0.727. The standard InChI is InChI=1S/C22H21N5/c1-16-23-15-21(27(16)2)18-9-6-10-19(14-18)24-22-12-11-20(25-26-22)13-17-7-4-3-5-8-17/h3-12,14-15H,13H2,1-2H3,(H,24,26). The maximum absolute atomic E-state index is 4.37. The highest BCUT2D eigenvalue weighted by Crippen LogP contribution is 2.24. The molecular weight excluding hydrogens is 334 g/mol. The van der Waals surface area contributed by atoms with Crippen LogP contribution >= 0.6 is 0 Å². The van der Waals surface area contributed by atoms with Crippen LogP contribution in [0, 0.1) is 6.92 Å². The van der Waals surface area contributed by atoms with Gasteiger partial charge < -0.3 is 9.88 Å². The molecular formula is C22H21N5. The lowest BCUT2D eigenvalue weighted by Crippen LogP contribution is -1.99. The third-order valence-corrected chi connectivity index (χ3v) is 4.60. The van der Waals surface area contributed by atoms with E-state index in [0.29, 0.717) is 0 Å². The SMILES string of the molecule is Cc1ncc(-c2cccc(Nc3ccc(Cc4ccccc4)nn3)c2)n1C. The molecule has 0 radical (unpaired) electrons. The lowest BCUT2D eigenvalue weighted by molar-refractivity contribution is 0.865. The van der Waals surface area contributed by atoms with Crippen LogP contribution in [0.1, 0.15) is 17.1 Å². The van der Waals surface area contributed by atoms with Gasteiger partial charge in [0.1, 0.15) is 5.82 Å². The molecule has 0 saturated heterocycles. The molecule has 0 atom stereocenters. The molecule has 5 heteroatoms. The van der Waals surface area contributed by atoms with Crippen molar-refractivity contribution in [1.29, 1.82) is 0 Å². The Labute approximate surface area is 158 Å². The number of anilines is 2. The van der Waals surface area contributed by atoms with E-state index in [4.69, 9.17) is 0 Å². The van der Waals surface area contributed by atoms with E-state index >= 15 is 0 Å². The van der Waals surface area contributed by atoms with Gasteiger partial charge in [0, 0.05) is 24.7 Å². The van der Waals surface area contributed by atoms with Crippen molar-refractivity contribution in [3.8, 4) is 11.3 Å². The van der Waals surface area contributed by atoms with Crippen LogP contribution in [0.5, 0.6) is 0 Å². The number of rotatable bonds is 5. The summed E-state index contributed by atoms with van der Waals surface area (Å²) in [5.41, 5.74) is 5.34. The van der Waals surface area contributed by atoms with Crippen molar-refractivity contribution in [1.82, 2.24) is 19.7 Å².